The van der Waals surface area contributed by atoms with Crippen LogP contribution in [0.4, 0.5) is 0 Å². The fourth-order valence-corrected chi connectivity index (χ4v) is 9.78. The van der Waals surface area contributed by atoms with Crippen molar-refractivity contribution < 1.29 is 34.4 Å². The lowest BCUT2D eigenvalue weighted by Gasteiger charge is -2.58. The van der Waals surface area contributed by atoms with Crippen LogP contribution in [0.1, 0.15) is 59.3 Å². The van der Waals surface area contributed by atoms with E-state index in [2.05, 4.69) is 13.8 Å². The molecule has 4 aliphatic carbocycles. The molecular formula is C28H38O7. The van der Waals surface area contributed by atoms with Crippen LogP contribution in [0.15, 0.2) is 23.3 Å². The minimum atomic E-state index is -1.05. The van der Waals surface area contributed by atoms with E-state index in [9.17, 15) is 24.9 Å². The molecule has 6 rings (SSSR count). The molecule has 11 atom stereocenters. The maximum Gasteiger partial charge on any atom is 0.336 e. The predicted octanol–water partition coefficient (Wildman–Crippen LogP) is 2.33. The van der Waals surface area contributed by atoms with Gasteiger partial charge in [-0.25, -0.2) is 4.79 Å². The number of ketones is 1. The third-order valence-corrected chi connectivity index (χ3v) is 11.6. The molecule has 1 saturated heterocycles. The van der Waals surface area contributed by atoms with Gasteiger partial charge < -0.3 is 24.8 Å². The molecule has 192 valence electrons. The molecule has 6 aliphatic rings. The number of fused-ring (bicyclic) bond motifs is 4. The van der Waals surface area contributed by atoms with Gasteiger partial charge in [-0.3, -0.25) is 4.79 Å². The molecule has 1 unspecified atom stereocenters. The molecule has 7 heteroatoms. The smallest absolute Gasteiger partial charge is 0.336 e. The number of carbonyl (C=O) groups is 2. The lowest BCUT2D eigenvalue weighted by atomic mass is 9.44. The zero-order valence-corrected chi connectivity index (χ0v) is 20.9. The van der Waals surface area contributed by atoms with Crippen LogP contribution < -0.4 is 0 Å². The Morgan fingerprint density at radius 3 is 2.63 bits per heavy atom. The van der Waals surface area contributed by atoms with Gasteiger partial charge in [0.05, 0.1) is 30.3 Å². The summed E-state index contributed by atoms with van der Waals surface area (Å²) in [7, 11) is 0. The van der Waals surface area contributed by atoms with Crippen molar-refractivity contribution >= 4 is 11.8 Å². The van der Waals surface area contributed by atoms with E-state index in [0.717, 1.165) is 37.7 Å². The first-order chi connectivity index (χ1) is 16.7. The molecule has 0 aromatic heterocycles. The summed E-state index contributed by atoms with van der Waals surface area (Å²) in [6, 6.07) is 0. The van der Waals surface area contributed by atoms with Gasteiger partial charge in [0.2, 0.25) is 0 Å². The van der Waals surface area contributed by atoms with Crippen molar-refractivity contribution in [2.24, 2.45) is 40.4 Å². The Labute approximate surface area is 206 Å². The van der Waals surface area contributed by atoms with Crippen molar-refractivity contribution in [3.8, 4) is 0 Å². The Bertz CT molecular complexity index is 1020. The second-order valence-corrected chi connectivity index (χ2v) is 12.5. The van der Waals surface area contributed by atoms with Crippen molar-refractivity contribution in [2.45, 2.75) is 83.2 Å². The summed E-state index contributed by atoms with van der Waals surface area (Å²) in [5, 5.41) is 31.1. The highest BCUT2D eigenvalue weighted by atomic mass is 16.6. The van der Waals surface area contributed by atoms with Gasteiger partial charge in [-0.05, 0) is 86.2 Å². The minimum Gasteiger partial charge on any atom is -0.458 e. The average molecular weight is 487 g/mol. The third kappa shape index (κ3) is 2.81. The SMILES string of the molecule is CC1=C(CO)C(=O)O[C@@H]([C@@H](C)C2CC[C@H]3[C@@H]4C[C@H]5O[C@]56[C@@H](O)C=CC(=O)[C@]6(CO)[C@H]4CC[C@]23C)C1. The first-order valence-corrected chi connectivity index (χ1v) is 13.4. The standard InChI is InChI=1S/C28H38O7/c1-14-10-21(34-25(33)17(14)12-29)15(2)18-4-5-19-16-11-24-28(35-24)23(32)7-6-22(31)27(28,13-30)20(16)8-9-26(18,19)3/h6-7,15-16,18-21,23-24,29-30,32H,4-5,8-13H2,1-3H3/t15-,16-,18?,19-,20-,21+,23-,24+,26+,27-,28+/m0/s1. The van der Waals surface area contributed by atoms with Gasteiger partial charge in [0.25, 0.3) is 0 Å². The number of epoxide rings is 1. The van der Waals surface area contributed by atoms with Crippen molar-refractivity contribution in [3.63, 3.8) is 0 Å². The zero-order chi connectivity index (χ0) is 24.9. The summed E-state index contributed by atoms with van der Waals surface area (Å²) >= 11 is 0. The number of aliphatic hydroxyl groups excluding tert-OH is 3. The molecule has 3 N–H and O–H groups in total. The number of rotatable bonds is 4. The van der Waals surface area contributed by atoms with E-state index in [1.807, 2.05) is 6.92 Å². The molecule has 0 amide bonds. The van der Waals surface area contributed by atoms with E-state index < -0.39 is 23.1 Å². The number of esters is 1. The molecule has 35 heavy (non-hydrogen) atoms. The summed E-state index contributed by atoms with van der Waals surface area (Å²) in [6.07, 6.45) is 7.13. The fraction of sp³-hybridized carbons (Fsp3) is 0.786. The van der Waals surface area contributed by atoms with Gasteiger partial charge in [-0.2, -0.15) is 0 Å². The molecule has 4 fully saturated rings. The molecule has 7 nitrogen and oxygen atoms in total. The van der Waals surface area contributed by atoms with E-state index in [1.54, 1.807) is 6.08 Å². The lowest BCUT2D eigenvalue weighted by molar-refractivity contribution is -0.164. The number of allylic oxidation sites excluding steroid dienone is 1. The maximum absolute atomic E-state index is 13.4. The molecule has 3 saturated carbocycles. The van der Waals surface area contributed by atoms with Crippen LogP contribution in [0.25, 0.3) is 0 Å². The summed E-state index contributed by atoms with van der Waals surface area (Å²) < 4.78 is 12.0. The highest BCUT2D eigenvalue weighted by Gasteiger charge is 2.81. The second kappa shape index (κ2) is 7.73. The lowest BCUT2D eigenvalue weighted by Crippen LogP contribution is -2.66. The first-order valence-electron chi connectivity index (χ1n) is 13.4. The number of cyclic esters (lactones) is 1. The molecule has 0 bridgehead atoms. The molecule has 0 radical (unpaired) electrons. The van der Waals surface area contributed by atoms with Gasteiger partial charge in [0.15, 0.2) is 5.78 Å². The van der Waals surface area contributed by atoms with E-state index in [-0.39, 0.29) is 54.4 Å². The zero-order valence-electron chi connectivity index (χ0n) is 20.9. The Balaban J connectivity index is 1.29. The van der Waals surface area contributed by atoms with Crippen molar-refractivity contribution in [2.75, 3.05) is 13.2 Å². The molecule has 0 aromatic rings. The van der Waals surface area contributed by atoms with E-state index in [1.165, 1.54) is 6.08 Å². The van der Waals surface area contributed by atoms with Crippen LogP contribution in [0.2, 0.25) is 0 Å². The van der Waals surface area contributed by atoms with Gasteiger partial charge in [0.1, 0.15) is 17.8 Å². The van der Waals surface area contributed by atoms with Gasteiger partial charge in [0, 0.05) is 6.42 Å². The number of aliphatic hydroxyl groups is 3. The van der Waals surface area contributed by atoms with Crippen LogP contribution >= 0.6 is 0 Å². The molecule has 2 heterocycles. The summed E-state index contributed by atoms with van der Waals surface area (Å²) in [5.74, 6) is 0.753. The maximum atomic E-state index is 13.4. The first kappa shape index (κ1) is 23.8. The summed E-state index contributed by atoms with van der Waals surface area (Å²) in [6.45, 7) is 5.94. The van der Waals surface area contributed by atoms with E-state index in [0.29, 0.717) is 23.8 Å². The number of hydrogen-bond acceptors (Lipinski definition) is 7. The van der Waals surface area contributed by atoms with Gasteiger partial charge >= 0.3 is 5.97 Å². The van der Waals surface area contributed by atoms with Gasteiger partial charge in [-0.1, -0.05) is 19.4 Å². The van der Waals surface area contributed by atoms with Crippen LogP contribution in [-0.2, 0) is 19.1 Å². The van der Waals surface area contributed by atoms with Gasteiger partial charge in [-0.15, -0.1) is 0 Å². The molecule has 2 aliphatic heterocycles. The topological polar surface area (TPSA) is 117 Å². The number of ether oxygens (including phenoxy) is 2. The Morgan fingerprint density at radius 1 is 1.17 bits per heavy atom. The van der Waals surface area contributed by atoms with Crippen LogP contribution in [0, 0.1) is 40.4 Å². The van der Waals surface area contributed by atoms with Crippen LogP contribution in [0.3, 0.4) is 0 Å². The van der Waals surface area contributed by atoms with Crippen molar-refractivity contribution in [3.05, 3.63) is 23.3 Å². The quantitative estimate of drug-likeness (QED) is 0.412. The molecular weight excluding hydrogens is 448 g/mol. The average Bonchev–Trinajstić information content (AvgIpc) is 3.46. The normalized spacial score (nSPS) is 51.2. The Hall–Kier alpha value is -1.54. The largest absolute Gasteiger partial charge is 0.458 e. The highest BCUT2D eigenvalue weighted by Crippen LogP contribution is 2.73. The second-order valence-electron chi connectivity index (χ2n) is 12.5. The summed E-state index contributed by atoms with van der Waals surface area (Å²) in [5.41, 5.74) is -0.646. The van der Waals surface area contributed by atoms with Crippen LogP contribution in [0.5, 0.6) is 0 Å². The highest BCUT2D eigenvalue weighted by molar-refractivity contribution is 5.98. The number of hydrogen-bond donors (Lipinski definition) is 3. The van der Waals surface area contributed by atoms with E-state index in [4.69, 9.17) is 9.47 Å². The Kier molecular flexibility index (Phi) is 5.27. The minimum absolute atomic E-state index is 0.00437. The monoisotopic (exact) mass is 486 g/mol. The summed E-state index contributed by atoms with van der Waals surface area (Å²) in [4.78, 5) is 25.8. The predicted molar refractivity (Wildman–Crippen MR) is 126 cm³/mol. The molecule has 0 aromatic carbocycles. The number of carbonyl (C=O) groups excluding carboxylic acids is 2. The van der Waals surface area contributed by atoms with Crippen LogP contribution in [-0.4, -0.2) is 64.2 Å². The van der Waals surface area contributed by atoms with Crippen molar-refractivity contribution in [1.82, 2.24) is 0 Å². The van der Waals surface area contributed by atoms with E-state index >= 15 is 0 Å². The Morgan fingerprint density at radius 2 is 1.94 bits per heavy atom. The fourth-order valence-electron chi connectivity index (χ4n) is 9.78. The van der Waals surface area contributed by atoms with Crippen molar-refractivity contribution in [1.29, 1.82) is 0 Å². The third-order valence-electron chi connectivity index (χ3n) is 11.6. The molecule has 1 spiro atoms.